The van der Waals surface area contributed by atoms with Crippen LogP contribution in [0, 0.1) is 11.8 Å². The number of rotatable bonds is 16. The van der Waals surface area contributed by atoms with Crippen LogP contribution < -0.4 is 18.9 Å². The molecule has 12 heteroatoms. The summed E-state index contributed by atoms with van der Waals surface area (Å²) in [6, 6.07) is 10.7. The first-order chi connectivity index (χ1) is 20.5. The van der Waals surface area contributed by atoms with E-state index < -0.39 is 23.8 Å². The molecule has 0 spiro atoms. The van der Waals surface area contributed by atoms with Gasteiger partial charge >= 0.3 is 11.9 Å². The molecule has 2 heterocycles. The summed E-state index contributed by atoms with van der Waals surface area (Å²) in [7, 11) is 3.06. The third-order valence-electron chi connectivity index (χ3n) is 6.77. The van der Waals surface area contributed by atoms with Crippen LogP contribution in [0.25, 0.3) is 20.2 Å². The molecule has 0 saturated carbocycles. The molecule has 0 amide bonds. The Hall–Kier alpha value is -4.16. The normalized spacial score (nSPS) is 12.6. The van der Waals surface area contributed by atoms with E-state index in [2.05, 4.69) is 0 Å². The van der Waals surface area contributed by atoms with Crippen LogP contribution in [-0.4, -0.2) is 61.2 Å². The lowest BCUT2D eigenvalue weighted by molar-refractivity contribution is -0.141. The molecule has 0 fully saturated rings. The minimum atomic E-state index is -1.01. The van der Waals surface area contributed by atoms with Gasteiger partial charge < -0.3 is 29.2 Å². The minimum Gasteiger partial charge on any atom is -0.493 e. The Balaban J connectivity index is 1.38. The maximum atomic E-state index is 12.7. The molecule has 2 aromatic heterocycles. The zero-order valence-corrected chi connectivity index (χ0v) is 25.8. The number of aliphatic carboxylic acids is 2. The number of carbonyl (C=O) groups excluding carboxylic acids is 2. The van der Waals surface area contributed by atoms with Crippen molar-refractivity contribution < 1.29 is 48.3 Å². The van der Waals surface area contributed by atoms with Crippen LogP contribution in [0.3, 0.4) is 0 Å². The summed E-state index contributed by atoms with van der Waals surface area (Å²) in [5, 5.41) is 19.7. The number of benzene rings is 2. The van der Waals surface area contributed by atoms with Crippen molar-refractivity contribution in [2.24, 2.45) is 11.8 Å². The molecule has 0 radical (unpaired) electrons. The molecular weight excluding hydrogens is 596 g/mol. The molecule has 0 bridgehead atoms. The van der Waals surface area contributed by atoms with Crippen LogP contribution in [0.1, 0.15) is 52.5 Å². The van der Waals surface area contributed by atoms with Gasteiger partial charge in [0.1, 0.15) is 0 Å². The van der Waals surface area contributed by atoms with Crippen molar-refractivity contribution in [2.45, 2.75) is 33.1 Å². The molecule has 4 aromatic rings. The molecule has 10 nitrogen and oxygen atoms in total. The highest BCUT2D eigenvalue weighted by Gasteiger charge is 2.22. The maximum Gasteiger partial charge on any atom is 0.306 e. The zero-order valence-electron chi connectivity index (χ0n) is 24.1. The van der Waals surface area contributed by atoms with E-state index in [-0.39, 0.29) is 24.4 Å². The Bertz CT molecular complexity index is 1670. The number of carbonyl (C=O) groups is 4. The first-order valence-corrected chi connectivity index (χ1v) is 15.1. The second-order valence-electron chi connectivity index (χ2n) is 10.1. The molecular formula is C31H32O10S2. The average molecular weight is 629 g/mol. The summed E-state index contributed by atoms with van der Waals surface area (Å²) in [5.74, 6) is -1.79. The quantitative estimate of drug-likeness (QED) is 0.103. The largest absolute Gasteiger partial charge is 0.493 e. The molecule has 0 saturated heterocycles. The smallest absolute Gasteiger partial charge is 0.306 e. The van der Waals surface area contributed by atoms with E-state index in [1.165, 1.54) is 43.8 Å². The molecule has 2 aromatic carbocycles. The van der Waals surface area contributed by atoms with Crippen molar-refractivity contribution in [1.29, 1.82) is 0 Å². The van der Waals surface area contributed by atoms with Gasteiger partial charge in [0, 0.05) is 40.3 Å². The molecule has 0 aliphatic heterocycles. The standard InChI is InChI=1S/C31H32O10S2/c1-16(9-29(33)34)30(35)28-13-19-11-24(22(39-4)15-26(19)43-28)41-7-5-6-40-23-10-18-12-27(20(32)8-17(2)31(36)37)42-25(18)14-21(23)38-3/h10-17H,5-9H2,1-4H3,(H,33,34)(H,36,37)/t16-,17-/m0/s1. The highest BCUT2D eigenvalue weighted by atomic mass is 32.1. The van der Waals surface area contributed by atoms with Crippen molar-refractivity contribution >= 4 is 66.4 Å². The first kappa shape index (κ1) is 31.8. The summed E-state index contributed by atoms with van der Waals surface area (Å²) in [5.41, 5.74) is 0. The molecule has 2 atom stereocenters. The molecule has 43 heavy (non-hydrogen) atoms. The van der Waals surface area contributed by atoms with E-state index in [1.807, 2.05) is 0 Å². The number of ether oxygens (including phenoxy) is 4. The van der Waals surface area contributed by atoms with Gasteiger partial charge in [-0.1, -0.05) is 13.8 Å². The SMILES string of the molecule is COc1cc2sc(C(=O)C[C@H](C)C(=O)O)cc2cc1OCCCOc1cc2cc(C(=O)[C@@H](C)CC(=O)O)sc2cc1OC. The zero-order chi connectivity index (χ0) is 31.3. The molecule has 0 unspecified atom stereocenters. The van der Waals surface area contributed by atoms with Crippen LogP contribution in [0.5, 0.6) is 23.0 Å². The van der Waals surface area contributed by atoms with E-state index >= 15 is 0 Å². The highest BCUT2D eigenvalue weighted by Crippen LogP contribution is 2.39. The Labute approximate surface area is 255 Å². The van der Waals surface area contributed by atoms with Crippen molar-refractivity contribution in [2.75, 3.05) is 27.4 Å². The Kier molecular flexibility index (Phi) is 10.3. The Morgan fingerprint density at radius 1 is 0.698 bits per heavy atom. The fourth-order valence-electron chi connectivity index (χ4n) is 4.38. The predicted molar refractivity (Wildman–Crippen MR) is 164 cm³/mol. The lowest BCUT2D eigenvalue weighted by atomic mass is 10.0. The number of carboxylic acids is 2. The van der Waals surface area contributed by atoms with Gasteiger partial charge in [0.2, 0.25) is 0 Å². The summed E-state index contributed by atoms with van der Waals surface area (Å²) >= 11 is 2.57. The molecule has 228 valence electrons. The number of methoxy groups -OCH3 is 2. The summed E-state index contributed by atoms with van der Waals surface area (Å²) in [4.78, 5) is 48.4. The third-order valence-corrected chi connectivity index (χ3v) is 9.02. The van der Waals surface area contributed by atoms with Gasteiger partial charge in [-0.05, 0) is 35.0 Å². The number of Topliss-reactive ketones (excluding diaryl/α,β-unsaturated/α-hetero) is 2. The Morgan fingerprint density at radius 3 is 1.70 bits per heavy atom. The van der Waals surface area contributed by atoms with Crippen LogP contribution in [-0.2, 0) is 9.59 Å². The summed E-state index contributed by atoms with van der Waals surface area (Å²) < 4.78 is 24.6. The van der Waals surface area contributed by atoms with Crippen LogP contribution >= 0.6 is 22.7 Å². The molecule has 2 N–H and O–H groups in total. The fourth-order valence-corrected chi connectivity index (χ4v) is 6.53. The lowest BCUT2D eigenvalue weighted by Crippen LogP contribution is -2.14. The molecule has 4 rings (SSSR count). The second kappa shape index (κ2) is 13.9. The molecule has 0 aliphatic carbocycles. The van der Waals surface area contributed by atoms with E-state index in [9.17, 15) is 19.2 Å². The van der Waals surface area contributed by atoms with Gasteiger partial charge in [-0.2, -0.15) is 0 Å². The fraction of sp³-hybridized carbons (Fsp3) is 0.355. The average Bonchev–Trinajstić information content (AvgIpc) is 3.58. The van der Waals surface area contributed by atoms with Crippen molar-refractivity contribution in [3.63, 3.8) is 0 Å². The van der Waals surface area contributed by atoms with Crippen molar-refractivity contribution in [1.82, 2.24) is 0 Å². The van der Waals surface area contributed by atoms with Crippen molar-refractivity contribution in [3.05, 3.63) is 46.2 Å². The number of carboxylic acid groups (broad SMARTS) is 2. The lowest BCUT2D eigenvalue weighted by Gasteiger charge is -2.13. The number of hydrogen-bond acceptors (Lipinski definition) is 10. The predicted octanol–water partition coefficient (Wildman–Crippen LogP) is 6.57. The number of hydrogen-bond donors (Lipinski definition) is 2. The molecule has 0 aliphatic rings. The minimum absolute atomic E-state index is 0.0714. The van der Waals surface area contributed by atoms with Crippen LogP contribution in [0.15, 0.2) is 36.4 Å². The third kappa shape index (κ3) is 7.63. The first-order valence-electron chi connectivity index (χ1n) is 13.5. The van der Waals surface area contributed by atoms with E-state index in [0.717, 1.165) is 20.2 Å². The summed E-state index contributed by atoms with van der Waals surface area (Å²) in [6.45, 7) is 3.75. The maximum absolute atomic E-state index is 12.7. The van der Waals surface area contributed by atoms with Gasteiger partial charge in [-0.25, -0.2) is 0 Å². The second-order valence-corrected chi connectivity index (χ2v) is 12.3. The topological polar surface area (TPSA) is 146 Å². The summed E-state index contributed by atoms with van der Waals surface area (Å²) in [6.07, 6.45) is 0.232. The van der Waals surface area contributed by atoms with Crippen molar-refractivity contribution in [3.8, 4) is 23.0 Å². The van der Waals surface area contributed by atoms with Gasteiger partial charge in [-0.15, -0.1) is 22.7 Å². The van der Waals surface area contributed by atoms with Gasteiger partial charge in [0.15, 0.2) is 34.6 Å². The Morgan fingerprint density at radius 2 is 1.21 bits per heavy atom. The number of fused-ring (bicyclic) bond motifs is 2. The highest BCUT2D eigenvalue weighted by molar-refractivity contribution is 7.21. The van der Waals surface area contributed by atoms with E-state index in [4.69, 9.17) is 29.2 Å². The van der Waals surface area contributed by atoms with Gasteiger partial charge in [0.25, 0.3) is 0 Å². The van der Waals surface area contributed by atoms with Gasteiger partial charge in [0.05, 0.1) is 49.5 Å². The van der Waals surface area contributed by atoms with E-state index in [0.29, 0.717) is 52.4 Å². The monoisotopic (exact) mass is 628 g/mol. The van der Waals surface area contributed by atoms with E-state index in [1.54, 1.807) is 43.3 Å². The van der Waals surface area contributed by atoms with Gasteiger partial charge in [-0.3, -0.25) is 19.2 Å². The number of ketones is 2. The van der Waals surface area contributed by atoms with Crippen LogP contribution in [0.4, 0.5) is 0 Å². The van der Waals surface area contributed by atoms with Crippen LogP contribution in [0.2, 0.25) is 0 Å². The number of thiophene rings is 2.